The van der Waals surface area contributed by atoms with Crippen LogP contribution in [-0.2, 0) is 14.4 Å². The Labute approximate surface area is 138 Å². The first-order chi connectivity index (χ1) is 10.9. The first-order valence-electron chi connectivity index (χ1n) is 6.76. The molecule has 0 radical (unpaired) electrons. The van der Waals surface area contributed by atoms with Crippen LogP contribution >= 0.6 is 11.6 Å². The molecule has 0 saturated carbocycles. The van der Waals surface area contributed by atoms with Crippen LogP contribution in [0.2, 0.25) is 5.02 Å². The molecule has 0 aliphatic carbocycles. The van der Waals surface area contributed by atoms with Crippen molar-refractivity contribution < 1.29 is 14.4 Å². The van der Waals surface area contributed by atoms with E-state index in [1.54, 1.807) is 24.3 Å². The van der Waals surface area contributed by atoms with Crippen LogP contribution in [0.4, 0.5) is 5.69 Å². The van der Waals surface area contributed by atoms with Gasteiger partial charge in [0.2, 0.25) is 11.8 Å². The summed E-state index contributed by atoms with van der Waals surface area (Å²) in [7, 11) is 0. The van der Waals surface area contributed by atoms with Gasteiger partial charge >= 0.3 is 0 Å². The van der Waals surface area contributed by atoms with Crippen molar-refractivity contribution in [3.05, 3.63) is 41.4 Å². The Morgan fingerprint density at radius 1 is 1.35 bits per heavy atom. The predicted molar refractivity (Wildman–Crippen MR) is 87.0 cm³/mol. The predicted octanol–water partition coefficient (Wildman–Crippen LogP) is 1.20. The number of anilines is 1. The van der Waals surface area contributed by atoms with Crippen molar-refractivity contribution in [2.45, 2.75) is 13.3 Å². The molecule has 3 amide bonds. The van der Waals surface area contributed by atoms with Gasteiger partial charge < -0.3 is 10.6 Å². The Balaban J connectivity index is 1.96. The molecule has 0 aromatic heterocycles. The fourth-order valence-electron chi connectivity index (χ4n) is 1.80. The van der Waals surface area contributed by atoms with Gasteiger partial charge in [-0.1, -0.05) is 18.2 Å². The van der Waals surface area contributed by atoms with Crippen molar-refractivity contribution in [2.24, 2.45) is 5.10 Å². The minimum Gasteiger partial charge on any atom is -0.343 e. The van der Waals surface area contributed by atoms with E-state index in [2.05, 4.69) is 22.3 Å². The van der Waals surface area contributed by atoms with Gasteiger partial charge in [-0.05, 0) is 31.2 Å². The molecule has 2 rings (SSSR count). The van der Waals surface area contributed by atoms with Gasteiger partial charge in [0.15, 0.2) is 0 Å². The highest BCUT2D eigenvalue weighted by atomic mass is 35.5. The Kier molecular flexibility index (Phi) is 5.13. The lowest BCUT2D eigenvalue weighted by Gasteiger charge is -2.10. The number of hydrazone groups is 1. The summed E-state index contributed by atoms with van der Waals surface area (Å²) in [6.07, 6.45) is -0.0250. The van der Waals surface area contributed by atoms with Gasteiger partial charge in [-0.25, -0.2) is 0 Å². The zero-order valence-electron chi connectivity index (χ0n) is 12.4. The van der Waals surface area contributed by atoms with Gasteiger partial charge in [-0.2, -0.15) is 10.1 Å². The molecule has 8 heteroatoms. The highest BCUT2D eigenvalue weighted by molar-refractivity contribution is 6.30. The number of carbonyl (C=O) groups is 3. The molecular formula is C15H15ClN4O3. The highest BCUT2D eigenvalue weighted by Crippen LogP contribution is 2.21. The third kappa shape index (κ3) is 4.40. The third-order valence-corrected chi connectivity index (χ3v) is 3.18. The standard InChI is InChI=1S/C15H15ClN4O3/c1-9(2)15(23)17-8-13(21)18-12-7-14(22)20(19-12)11-5-3-10(16)4-6-11/h3-6H,1,7-8H2,2H3,(H,17,23)(H,18,19,21). The number of carbonyl (C=O) groups excluding carboxylic acids is 3. The van der Waals surface area contributed by atoms with Crippen LogP contribution in [0.15, 0.2) is 41.5 Å². The van der Waals surface area contributed by atoms with Crippen molar-refractivity contribution in [3.63, 3.8) is 0 Å². The van der Waals surface area contributed by atoms with Gasteiger partial charge in [-0.3, -0.25) is 14.4 Å². The van der Waals surface area contributed by atoms with Crippen LogP contribution in [-0.4, -0.2) is 30.1 Å². The molecule has 1 aliphatic rings. The van der Waals surface area contributed by atoms with E-state index in [0.29, 0.717) is 16.3 Å². The molecule has 23 heavy (non-hydrogen) atoms. The van der Waals surface area contributed by atoms with Crippen molar-refractivity contribution in [1.82, 2.24) is 10.6 Å². The zero-order chi connectivity index (χ0) is 17.0. The summed E-state index contributed by atoms with van der Waals surface area (Å²) in [4.78, 5) is 35.0. The van der Waals surface area contributed by atoms with Gasteiger partial charge in [0.1, 0.15) is 5.84 Å². The number of hydrogen-bond donors (Lipinski definition) is 2. The number of amidine groups is 1. The van der Waals surface area contributed by atoms with E-state index in [9.17, 15) is 14.4 Å². The van der Waals surface area contributed by atoms with Crippen LogP contribution in [0.25, 0.3) is 0 Å². The average molecular weight is 335 g/mol. The number of amides is 3. The van der Waals surface area contributed by atoms with Gasteiger partial charge in [0.25, 0.3) is 5.91 Å². The first kappa shape index (κ1) is 16.7. The summed E-state index contributed by atoms with van der Waals surface area (Å²) >= 11 is 5.80. The number of nitrogens with one attached hydrogen (secondary N) is 2. The molecule has 2 N–H and O–H groups in total. The first-order valence-corrected chi connectivity index (χ1v) is 7.14. The SMILES string of the molecule is C=C(C)C(=O)NCC(=O)NC1=NN(c2ccc(Cl)cc2)C(=O)C1. The second kappa shape index (κ2) is 7.06. The summed E-state index contributed by atoms with van der Waals surface area (Å²) in [5.74, 6) is -0.926. The smallest absolute Gasteiger partial charge is 0.255 e. The van der Waals surface area contributed by atoms with Gasteiger partial charge in [0.05, 0.1) is 18.7 Å². The van der Waals surface area contributed by atoms with E-state index in [4.69, 9.17) is 11.6 Å². The molecular weight excluding hydrogens is 320 g/mol. The largest absolute Gasteiger partial charge is 0.343 e. The van der Waals surface area contributed by atoms with Crippen molar-refractivity contribution >= 4 is 40.8 Å². The molecule has 1 aromatic carbocycles. The van der Waals surface area contributed by atoms with Crippen LogP contribution in [0.3, 0.4) is 0 Å². The molecule has 1 heterocycles. The van der Waals surface area contributed by atoms with E-state index < -0.39 is 11.8 Å². The topological polar surface area (TPSA) is 90.9 Å². The van der Waals surface area contributed by atoms with Crippen LogP contribution in [0, 0.1) is 0 Å². The van der Waals surface area contributed by atoms with Crippen LogP contribution < -0.4 is 15.6 Å². The summed E-state index contributed by atoms with van der Waals surface area (Å²) in [5.41, 5.74) is 0.860. The monoisotopic (exact) mass is 334 g/mol. The molecule has 0 unspecified atom stereocenters. The minimum atomic E-state index is -0.468. The number of nitrogens with zero attached hydrogens (tertiary/aromatic N) is 2. The summed E-state index contributed by atoms with van der Waals surface area (Å²) < 4.78 is 0. The van der Waals surface area contributed by atoms with E-state index in [1.165, 1.54) is 11.9 Å². The average Bonchev–Trinajstić information content (AvgIpc) is 2.86. The summed E-state index contributed by atoms with van der Waals surface area (Å²) in [6.45, 7) is 4.78. The summed E-state index contributed by atoms with van der Waals surface area (Å²) in [5, 5.41) is 10.7. The maximum Gasteiger partial charge on any atom is 0.255 e. The molecule has 0 saturated heterocycles. The fourth-order valence-corrected chi connectivity index (χ4v) is 1.93. The Hall–Kier alpha value is -2.67. The second-order valence-electron chi connectivity index (χ2n) is 4.92. The molecule has 1 aromatic rings. The van der Waals surface area contributed by atoms with Gasteiger partial charge in [0, 0.05) is 10.6 Å². The molecule has 0 atom stereocenters. The maximum atomic E-state index is 12.0. The maximum absolute atomic E-state index is 12.0. The fraction of sp³-hybridized carbons (Fsp3) is 0.200. The second-order valence-corrected chi connectivity index (χ2v) is 5.35. The molecule has 1 aliphatic heterocycles. The third-order valence-electron chi connectivity index (χ3n) is 2.93. The minimum absolute atomic E-state index is 0.0250. The lowest BCUT2D eigenvalue weighted by atomic mass is 10.3. The number of hydrogen-bond acceptors (Lipinski definition) is 4. The van der Waals surface area contributed by atoms with E-state index >= 15 is 0 Å². The van der Waals surface area contributed by atoms with Gasteiger partial charge in [-0.15, -0.1) is 0 Å². The number of benzene rings is 1. The van der Waals surface area contributed by atoms with Crippen LogP contribution in [0.1, 0.15) is 13.3 Å². The lowest BCUT2D eigenvalue weighted by molar-refractivity contribution is -0.123. The molecule has 7 nitrogen and oxygen atoms in total. The summed E-state index contributed by atoms with van der Waals surface area (Å²) in [6, 6.07) is 6.59. The Morgan fingerprint density at radius 3 is 2.61 bits per heavy atom. The quantitative estimate of drug-likeness (QED) is 0.810. The zero-order valence-corrected chi connectivity index (χ0v) is 13.2. The molecule has 0 bridgehead atoms. The normalized spacial score (nSPS) is 13.6. The van der Waals surface area contributed by atoms with Crippen LogP contribution in [0.5, 0.6) is 0 Å². The van der Waals surface area contributed by atoms with E-state index in [-0.39, 0.29) is 24.7 Å². The number of halogens is 1. The van der Waals surface area contributed by atoms with E-state index in [1.807, 2.05) is 0 Å². The molecule has 120 valence electrons. The number of rotatable bonds is 4. The Morgan fingerprint density at radius 2 is 2.00 bits per heavy atom. The van der Waals surface area contributed by atoms with E-state index in [0.717, 1.165) is 0 Å². The van der Waals surface area contributed by atoms with Crippen molar-refractivity contribution in [3.8, 4) is 0 Å². The Bertz CT molecular complexity index is 697. The van der Waals surface area contributed by atoms with Crippen molar-refractivity contribution in [1.29, 1.82) is 0 Å². The lowest BCUT2D eigenvalue weighted by Crippen LogP contribution is -2.39. The highest BCUT2D eigenvalue weighted by Gasteiger charge is 2.26. The molecule has 0 spiro atoms. The molecule has 0 fully saturated rings. The van der Waals surface area contributed by atoms with Crippen molar-refractivity contribution in [2.75, 3.05) is 11.6 Å².